The zero-order valence-electron chi connectivity index (χ0n) is 17.8. The average molecular weight is 431 g/mol. The third-order valence-electron chi connectivity index (χ3n) is 5.71. The van der Waals surface area contributed by atoms with Crippen molar-refractivity contribution in [3.63, 3.8) is 0 Å². The summed E-state index contributed by atoms with van der Waals surface area (Å²) in [7, 11) is 0. The van der Waals surface area contributed by atoms with Gasteiger partial charge in [-0.15, -0.1) is 0 Å². The van der Waals surface area contributed by atoms with Gasteiger partial charge in [0, 0.05) is 41.0 Å². The maximum atomic E-state index is 12.6. The molecule has 1 amide bonds. The van der Waals surface area contributed by atoms with E-state index in [-0.39, 0.29) is 5.91 Å². The molecule has 0 fully saturated rings. The van der Waals surface area contributed by atoms with Crippen molar-refractivity contribution in [1.82, 2.24) is 15.3 Å². The summed E-state index contributed by atoms with van der Waals surface area (Å²) in [4.78, 5) is 33.0. The van der Waals surface area contributed by atoms with Crippen LogP contribution in [0.3, 0.4) is 0 Å². The van der Waals surface area contributed by atoms with Crippen LogP contribution in [0.1, 0.15) is 16.1 Å². The lowest BCUT2D eigenvalue weighted by molar-refractivity contribution is -0.109. The maximum absolute atomic E-state index is 12.6. The molecule has 5 aromatic rings. The minimum Gasteiger partial charge on any atom is -0.342 e. The van der Waals surface area contributed by atoms with E-state index < -0.39 is 6.04 Å². The number of benzene rings is 3. The van der Waals surface area contributed by atoms with Gasteiger partial charge in [-0.3, -0.25) is 14.8 Å². The van der Waals surface area contributed by atoms with Gasteiger partial charge in [-0.2, -0.15) is 0 Å². The number of hydrogen-bond donors (Lipinski definition) is 1. The van der Waals surface area contributed by atoms with E-state index in [1.807, 2.05) is 48.7 Å². The zero-order valence-corrected chi connectivity index (χ0v) is 17.8. The number of aldehydes is 1. The van der Waals surface area contributed by atoms with Crippen LogP contribution < -0.4 is 5.32 Å². The van der Waals surface area contributed by atoms with Gasteiger partial charge in [-0.05, 0) is 46.5 Å². The molecule has 0 aliphatic rings. The maximum Gasteiger partial charge on any atom is 0.251 e. The molecule has 1 N–H and O–H groups in total. The molecule has 0 saturated heterocycles. The monoisotopic (exact) mass is 431 g/mol. The molecule has 1 atom stereocenters. The van der Waals surface area contributed by atoms with Crippen molar-refractivity contribution in [3.8, 4) is 11.3 Å². The smallest absolute Gasteiger partial charge is 0.251 e. The highest BCUT2D eigenvalue weighted by Crippen LogP contribution is 2.28. The lowest BCUT2D eigenvalue weighted by Gasteiger charge is -2.13. The predicted octanol–water partition coefficient (Wildman–Crippen LogP) is 4.99. The summed E-state index contributed by atoms with van der Waals surface area (Å²) < 4.78 is 0. The first-order valence-electron chi connectivity index (χ1n) is 10.8. The van der Waals surface area contributed by atoms with Gasteiger partial charge in [0.05, 0.1) is 11.7 Å². The molecule has 160 valence electrons. The molecule has 0 aliphatic heterocycles. The van der Waals surface area contributed by atoms with Crippen LogP contribution in [0.15, 0.2) is 97.3 Å². The Morgan fingerprint density at radius 3 is 2.42 bits per heavy atom. The van der Waals surface area contributed by atoms with E-state index in [1.54, 1.807) is 18.3 Å². The van der Waals surface area contributed by atoms with Gasteiger partial charge >= 0.3 is 0 Å². The molecular formula is C28H21N3O2. The quantitative estimate of drug-likeness (QED) is 0.304. The first kappa shape index (κ1) is 20.5. The number of fused-ring (bicyclic) bond motifs is 3. The van der Waals surface area contributed by atoms with Crippen molar-refractivity contribution in [2.45, 2.75) is 12.5 Å². The topological polar surface area (TPSA) is 72.0 Å². The number of pyridine rings is 2. The summed E-state index contributed by atoms with van der Waals surface area (Å²) >= 11 is 0. The third kappa shape index (κ3) is 4.34. The predicted molar refractivity (Wildman–Crippen MR) is 130 cm³/mol. The van der Waals surface area contributed by atoms with Crippen molar-refractivity contribution in [2.24, 2.45) is 0 Å². The van der Waals surface area contributed by atoms with Crippen molar-refractivity contribution in [3.05, 3.63) is 109 Å². The van der Waals surface area contributed by atoms with Gasteiger partial charge in [-0.1, -0.05) is 54.6 Å². The van der Waals surface area contributed by atoms with Crippen LogP contribution in [0.4, 0.5) is 0 Å². The van der Waals surface area contributed by atoms with E-state index in [0.717, 1.165) is 34.0 Å². The fourth-order valence-corrected chi connectivity index (χ4v) is 3.98. The minimum atomic E-state index is -0.635. The second kappa shape index (κ2) is 9.01. The normalized spacial score (nSPS) is 11.9. The fraction of sp³-hybridized carbons (Fsp3) is 0.0714. The third-order valence-corrected chi connectivity index (χ3v) is 5.71. The Balaban J connectivity index is 1.34. The number of carbonyl (C=O) groups excluding carboxylic acids is 2. The highest BCUT2D eigenvalue weighted by atomic mass is 16.2. The molecular weight excluding hydrogens is 410 g/mol. The Morgan fingerprint density at radius 1 is 0.848 bits per heavy atom. The van der Waals surface area contributed by atoms with Crippen molar-refractivity contribution in [2.75, 3.05) is 0 Å². The van der Waals surface area contributed by atoms with E-state index in [2.05, 4.69) is 45.6 Å². The largest absolute Gasteiger partial charge is 0.342 e. The lowest BCUT2D eigenvalue weighted by atomic mass is 10.0. The Kier molecular flexibility index (Phi) is 5.60. The van der Waals surface area contributed by atoms with Crippen LogP contribution >= 0.6 is 0 Å². The Bertz CT molecular complexity index is 1450. The highest BCUT2D eigenvalue weighted by molar-refractivity contribution is 6.07. The molecule has 2 heterocycles. The fourth-order valence-electron chi connectivity index (χ4n) is 3.98. The van der Waals surface area contributed by atoms with E-state index in [4.69, 9.17) is 0 Å². The summed E-state index contributed by atoms with van der Waals surface area (Å²) in [5.74, 6) is -0.299. The molecule has 2 aromatic heterocycles. The van der Waals surface area contributed by atoms with Gasteiger partial charge < -0.3 is 10.1 Å². The van der Waals surface area contributed by atoms with Gasteiger partial charge in [0.25, 0.3) is 5.91 Å². The molecule has 0 bridgehead atoms. The Labute approximate surface area is 191 Å². The second-order valence-electron chi connectivity index (χ2n) is 7.90. The summed E-state index contributed by atoms with van der Waals surface area (Å²) in [5, 5.41) is 7.36. The van der Waals surface area contributed by atoms with Crippen LogP contribution in [-0.4, -0.2) is 28.2 Å². The number of aromatic nitrogens is 2. The first-order valence-corrected chi connectivity index (χ1v) is 10.8. The van der Waals surface area contributed by atoms with Crippen molar-refractivity contribution >= 4 is 33.7 Å². The molecule has 0 radical (unpaired) electrons. The number of nitrogens with one attached hydrogen (secondary N) is 1. The summed E-state index contributed by atoms with van der Waals surface area (Å²) in [6.45, 7) is 0. The molecule has 0 spiro atoms. The number of hydrogen-bond acceptors (Lipinski definition) is 4. The summed E-state index contributed by atoms with van der Waals surface area (Å²) in [6.07, 6.45) is 4.66. The molecule has 3 aromatic carbocycles. The molecule has 33 heavy (non-hydrogen) atoms. The molecule has 5 heteroatoms. The first-order chi connectivity index (χ1) is 16.2. The van der Waals surface area contributed by atoms with Crippen LogP contribution in [-0.2, 0) is 11.2 Å². The molecule has 0 saturated carbocycles. The van der Waals surface area contributed by atoms with Gasteiger partial charge in [0.1, 0.15) is 6.29 Å². The number of amides is 1. The van der Waals surface area contributed by atoms with E-state index in [1.165, 1.54) is 10.8 Å². The lowest BCUT2D eigenvalue weighted by Crippen LogP contribution is -2.37. The van der Waals surface area contributed by atoms with E-state index in [9.17, 15) is 9.59 Å². The summed E-state index contributed by atoms with van der Waals surface area (Å²) in [5.41, 5.74) is 2.99. The molecule has 0 aliphatic carbocycles. The van der Waals surface area contributed by atoms with E-state index >= 15 is 0 Å². The molecule has 5 rings (SSSR count). The second-order valence-corrected chi connectivity index (χ2v) is 7.90. The van der Waals surface area contributed by atoms with Crippen LogP contribution in [0, 0.1) is 0 Å². The van der Waals surface area contributed by atoms with Gasteiger partial charge in [0.15, 0.2) is 0 Å². The number of nitrogens with zero attached hydrogens (tertiary/aromatic N) is 2. The number of rotatable bonds is 6. The Hall–Kier alpha value is -4.38. The zero-order chi connectivity index (χ0) is 22.6. The van der Waals surface area contributed by atoms with E-state index in [0.29, 0.717) is 12.0 Å². The molecule has 5 nitrogen and oxygen atoms in total. The highest BCUT2D eigenvalue weighted by Gasteiger charge is 2.14. The Morgan fingerprint density at radius 2 is 1.64 bits per heavy atom. The van der Waals surface area contributed by atoms with Crippen molar-refractivity contribution < 1.29 is 9.59 Å². The van der Waals surface area contributed by atoms with Gasteiger partial charge in [-0.25, -0.2) is 0 Å². The molecule has 1 unspecified atom stereocenters. The average Bonchev–Trinajstić information content (AvgIpc) is 2.88. The SMILES string of the molecule is O=CC(Cc1ccccn1)NC(=O)c1ccc(-c2cc3ccc4ccccc4c3cn2)cc1. The van der Waals surface area contributed by atoms with Crippen molar-refractivity contribution in [1.29, 1.82) is 0 Å². The number of carbonyl (C=O) groups is 2. The van der Waals surface area contributed by atoms with Gasteiger partial charge in [0.2, 0.25) is 0 Å². The standard InChI is InChI=1S/C28H21N3O2/c32-18-24(16-23-6-3-4-14-29-23)31-28(33)21-11-9-20(10-12-21)27-15-22-13-8-19-5-1-2-7-25(19)26(22)17-30-27/h1-15,17-18,24H,16H2,(H,31,33). The minimum absolute atomic E-state index is 0.299. The van der Waals surface area contributed by atoms with Crippen LogP contribution in [0.5, 0.6) is 0 Å². The summed E-state index contributed by atoms with van der Waals surface area (Å²) in [6, 6.07) is 26.7. The van der Waals surface area contributed by atoms with Crippen LogP contribution in [0.25, 0.3) is 32.8 Å². The van der Waals surface area contributed by atoms with Crippen LogP contribution in [0.2, 0.25) is 0 Å².